The van der Waals surface area contributed by atoms with Crippen LogP contribution in [0.4, 0.5) is 0 Å². The summed E-state index contributed by atoms with van der Waals surface area (Å²) in [6, 6.07) is 22.3. The number of hydrogen-bond donors (Lipinski definition) is 2. The third-order valence-electron chi connectivity index (χ3n) is 5.79. The summed E-state index contributed by atoms with van der Waals surface area (Å²) in [5.41, 5.74) is 5.44. The second kappa shape index (κ2) is 9.84. The predicted molar refractivity (Wildman–Crippen MR) is 123 cm³/mol. The van der Waals surface area contributed by atoms with Crippen LogP contribution >= 0.6 is 11.6 Å². The van der Waals surface area contributed by atoms with E-state index in [9.17, 15) is 10.2 Å². The van der Waals surface area contributed by atoms with E-state index in [1.165, 1.54) is 0 Å². The second-order valence-electron chi connectivity index (χ2n) is 8.01. The van der Waals surface area contributed by atoms with Gasteiger partial charge in [-0.05, 0) is 52.4 Å². The Bertz CT molecular complexity index is 1000. The third kappa shape index (κ3) is 5.28. The summed E-state index contributed by atoms with van der Waals surface area (Å²) in [5.74, 6) is 0.842. The number of aliphatic hydroxyl groups excluding tert-OH is 2. The van der Waals surface area contributed by atoms with E-state index in [0.29, 0.717) is 24.3 Å². The lowest BCUT2D eigenvalue weighted by molar-refractivity contribution is -0.113. The Balaban J connectivity index is 1.50. The van der Waals surface area contributed by atoms with Crippen LogP contribution in [-0.2, 0) is 11.2 Å². The molecule has 3 unspecified atom stereocenters. The molecular weight excluding hydrogens is 412 g/mol. The summed E-state index contributed by atoms with van der Waals surface area (Å²) < 4.78 is 11.2. The molecule has 4 nitrogen and oxygen atoms in total. The molecule has 1 aliphatic rings. The Hall–Kier alpha value is -2.37. The van der Waals surface area contributed by atoms with E-state index in [4.69, 9.17) is 21.1 Å². The first-order valence-electron chi connectivity index (χ1n) is 10.5. The quantitative estimate of drug-likeness (QED) is 0.556. The predicted octanol–water partition coefficient (Wildman–Crippen LogP) is 5.18. The zero-order chi connectivity index (χ0) is 21.8. The van der Waals surface area contributed by atoms with Gasteiger partial charge in [-0.2, -0.15) is 0 Å². The summed E-state index contributed by atoms with van der Waals surface area (Å²) in [6.45, 7) is -0.0887. The lowest BCUT2D eigenvalue weighted by Crippen LogP contribution is -2.33. The van der Waals surface area contributed by atoms with Crippen molar-refractivity contribution in [2.75, 3.05) is 13.7 Å². The molecular formula is C26H27ClO4. The highest BCUT2D eigenvalue weighted by molar-refractivity contribution is 6.31. The van der Waals surface area contributed by atoms with Crippen LogP contribution in [0.15, 0.2) is 66.7 Å². The molecule has 2 N–H and O–H groups in total. The average molecular weight is 439 g/mol. The van der Waals surface area contributed by atoms with Gasteiger partial charge in [0.05, 0.1) is 32.0 Å². The maximum absolute atomic E-state index is 10.1. The van der Waals surface area contributed by atoms with Gasteiger partial charge in [-0.3, -0.25) is 0 Å². The Labute approximate surface area is 188 Å². The van der Waals surface area contributed by atoms with Gasteiger partial charge in [-0.25, -0.2) is 0 Å². The highest BCUT2D eigenvalue weighted by Gasteiger charge is 2.29. The Morgan fingerprint density at radius 3 is 2.29 bits per heavy atom. The van der Waals surface area contributed by atoms with Gasteiger partial charge in [0.25, 0.3) is 0 Å². The molecule has 1 fully saturated rings. The van der Waals surface area contributed by atoms with Crippen LogP contribution in [0.1, 0.15) is 35.6 Å². The summed E-state index contributed by atoms with van der Waals surface area (Å²) >= 11 is 6.48. The molecule has 4 rings (SSSR count). The first-order valence-corrected chi connectivity index (χ1v) is 10.9. The minimum Gasteiger partial charge on any atom is -0.497 e. The van der Waals surface area contributed by atoms with Gasteiger partial charge in [0, 0.05) is 17.9 Å². The number of benzene rings is 3. The van der Waals surface area contributed by atoms with E-state index in [2.05, 4.69) is 30.3 Å². The number of ether oxygens (including phenoxy) is 2. The molecule has 0 aliphatic carbocycles. The fraction of sp³-hybridized carbons (Fsp3) is 0.308. The summed E-state index contributed by atoms with van der Waals surface area (Å²) in [4.78, 5) is 0. The number of rotatable bonds is 6. The van der Waals surface area contributed by atoms with Gasteiger partial charge in [0.1, 0.15) is 5.75 Å². The van der Waals surface area contributed by atoms with Crippen LogP contribution in [0.2, 0.25) is 5.02 Å². The first kappa shape index (κ1) is 21.8. The van der Waals surface area contributed by atoms with E-state index >= 15 is 0 Å². The minimum absolute atomic E-state index is 0.0887. The van der Waals surface area contributed by atoms with Crippen LogP contribution < -0.4 is 4.74 Å². The van der Waals surface area contributed by atoms with Crippen LogP contribution in [-0.4, -0.2) is 36.1 Å². The SMILES string of the molecule is COc1ccc(-c2ccc(Cc3cc(C4CC(O)CC(CO)O4)ccc3Cl)cc2)cc1. The molecule has 3 aromatic carbocycles. The van der Waals surface area contributed by atoms with Crippen molar-refractivity contribution in [2.45, 2.75) is 37.6 Å². The topological polar surface area (TPSA) is 58.9 Å². The lowest BCUT2D eigenvalue weighted by Gasteiger charge is -2.32. The zero-order valence-corrected chi connectivity index (χ0v) is 18.3. The van der Waals surface area contributed by atoms with E-state index in [0.717, 1.165) is 33.6 Å². The molecule has 5 heteroatoms. The Morgan fingerprint density at radius 1 is 0.968 bits per heavy atom. The number of hydrogen-bond acceptors (Lipinski definition) is 4. The van der Waals surface area contributed by atoms with Crippen LogP contribution in [0.5, 0.6) is 5.75 Å². The average Bonchev–Trinajstić information content (AvgIpc) is 2.80. The normalized spacial score (nSPS) is 21.1. The first-order chi connectivity index (χ1) is 15.1. The Morgan fingerprint density at radius 2 is 1.65 bits per heavy atom. The van der Waals surface area contributed by atoms with Crippen LogP contribution in [0, 0.1) is 0 Å². The molecule has 0 saturated carbocycles. The molecule has 31 heavy (non-hydrogen) atoms. The fourth-order valence-electron chi connectivity index (χ4n) is 4.07. The van der Waals surface area contributed by atoms with Gasteiger partial charge in [-0.1, -0.05) is 60.1 Å². The number of methoxy groups -OCH3 is 1. The van der Waals surface area contributed by atoms with Crippen molar-refractivity contribution in [2.24, 2.45) is 0 Å². The highest BCUT2D eigenvalue weighted by Crippen LogP contribution is 2.34. The van der Waals surface area contributed by atoms with Crippen molar-refractivity contribution in [3.63, 3.8) is 0 Å². The molecule has 3 aromatic rings. The van der Waals surface area contributed by atoms with Crippen molar-refractivity contribution in [1.29, 1.82) is 0 Å². The van der Waals surface area contributed by atoms with Gasteiger partial charge in [0.15, 0.2) is 0 Å². The van der Waals surface area contributed by atoms with Gasteiger partial charge >= 0.3 is 0 Å². The van der Waals surface area contributed by atoms with E-state index in [1.807, 2.05) is 36.4 Å². The van der Waals surface area contributed by atoms with Crippen molar-refractivity contribution in [3.05, 3.63) is 88.4 Å². The van der Waals surface area contributed by atoms with E-state index in [1.54, 1.807) is 7.11 Å². The molecule has 3 atom stereocenters. The van der Waals surface area contributed by atoms with Crippen molar-refractivity contribution in [1.82, 2.24) is 0 Å². The van der Waals surface area contributed by atoms with E-state index in [-0.39, 0.29) is 18.8 Å². The van der Waals surface area contributed by atoms with Gasteiger partial charge in [0.2, 0.25) is 0 Å². The summed E-state index contributed by atoms with van der Waals surface area (Å²) in [7, 11) is 1.66. The fourth-order valence-corrected chi connectivity index (χ4v) is 4.26. The minimum atomic E-state index is -0.472. The summed E-state index contributed by atoms with van der Waals surface area (Å²) in [5, 5.41) is 20.3. The maximum Gasteiger partial charge on any atom is 0.118 e. The van der Waals surface area contributed by atoms with Crippen molar-refractivity contribution in [3.8, 4) is 16.9 Å². The molecule has 0 aromatic heterocycles. The van der Waals surface area contributed by atoms with Gasteiger partial charge in [-0.15, -0.1) is 0 Å². The molecule has 0 spiro atoms. The van der Waals surface area contributed by atoms with Crippen LogP contribution in [0.25, 0.3) is 11.1 Å². The standard InChI is InChI=1S/C26H27ClO4/c1-30-23-9-6-19(7-10-23)18-4-2-17(3-5-18)12-21-13-20(8-11-25(21)27)26-15-22(29)14-24(16-28)31-26/h2-11,13,22,24,26,28-29H,12,14-16H2,1H3. The van der Waals surface area contributed by atoms with E-state index < -0.39 is 6.10 Å². The molecule has 0 amide bonds. The van der Waals surface area contributed by atoms with Gasteiger partial charge < -0.3 is 19.7 Å². The van der Waals surface area contributed by atoms with Crippen LogP contribution in [0.3, 0.4) is 0 Å². The number of aliphatic hydroxyl groups is 2. The number of halogens is 1. The smallest absolute Gasteiger partial charge is 0.118 e. The molecule has 0 bridgehead atoms. The molecule has 1 heterocycles. The third-order valence-corrected chi connectivity index (χ3v) is 6.16. The van der Waals surface area contributed by atoms with Crippen molar-refractivity contribution >= 4 is 11.6 Å². The largest absolute Gasteiger partial charge is 0.497 e. The second-order valence-corrected chi connectivity index (χ2v) is 8.41. The van der Waals surface area contributed by atoms with Crippen molar-refractivity contribution < 1.29 is 19.7 Å². The molecule has 162 valence electrons. The highest BCUT2D eigenvalue weighted by atomic mass is 35.5. The Kier molecular flexibility index (Phi) is 6.93. The maximum atomic E-state index is 10.1. The lowest BCUT2D eigenvalue weighted by atomic mass is 9.93. The molecule has 1 saturated heterocycles. The monoisotopic (exact) mass is 438 g/mol. The summed E-state index contributed by atoms with van der Waals surface area (Å²) in [6.07, 6.45) is 0.643. The zero-order valence-electron chi connectivity index (χ0n) is 17.5. The molecule has 1 aliphatic heterocycles. The molecule has 0 radical (unpaired) electrons.